The van der Waals surface area contributed by atoms with E-state index in [1.54, 1.807) is 12.1 Å². The molecule has 2 atom stereocenters. The Bertz CT molecular complexity index is 763. The molecular weight excluding hydrogens is 351 g/mol. The van der Waals surface area contributed by atoms with Crippen LogP contribution in [0.2, 0.25) is 0 Å². The van der Waals surface area contributed by atoms with Crippen LogP contribution in [0.4, 0.5) is 4.39 Å². The molecule has 0 amide bonds. The SMILES string of the molecule is OC(CCN1CCCN(C2CCCc3ccccc32)CC1)c1ccc(F)cc1. The Balaban J connectivity index is 1.31. The van der Waals surface area contributed by atoms with Crippen LogP contribution < -0.4 is 0 Å². The van der Waals surface area contributed by atoms with Crippen LogP contribution in [0.15, 0.2) is 48.5 Å². The van der Waals surface area contributed by atoms with Gasteiger partial charge in [0.05, 0.1) is 6.10 Å². The van der Waals surface area contributed by atoms with E-state index in [-0.39, 0.29) is 5.82 Å². The fraction of sp³-hybridized carbons (Fsp3) is 0.500. The fourth-order valence-corrected chi connectivity index (χ4v) is 4.79. The third-order valence-corrected chi connectivity index (χ3v) is 6.38. The molecule has 0 radical (unpaired) electrons. The predicted octanol–water partition coefficient (Wildman–Crippen LogP) is 4.33. The van der Waals surface area contributed by atoms with Gasteiger partial charge in [0.15, 0.2) is 0 Å². The minimum absolute atomic E-state index is 0.257. The summed E-state index contributed by atoms with van der Waals surface area (Å²) < 4.78 is 13.1. The van der Waals surface area contributed by atoms with Gasteiger partial charge in [-0.1, -0.05) is 36.4 Å². The van der Waals surface area contributed by atoms with Crippen molar-refractivity contribution in [3.05, 3.63) is 71.0 Å². The highest BCUT2D eigenvalue weighted by molar-refractivity contribution is 5.32. The molecule has 0 bridgehead atoms. The molecule has 2 aromatic carbocycles. The summed E-state index contributed by atoms with van der Waals surface area (Å²) in [5, 5.41) is 10.4. The normalized spacial score (nSPS) is 22.4. The first-order valence-electron chi connectivity index (χ1n) is 10.7. The van der Waals surface area contributed by atoms with Crippen LogP contribution >= 0.6 is 0 Å². The number of hydrogen-bond acceptors (Lipinski definition) is 3. The number of halogens is 1. The second kappa shape index (κ2) is 9.17. The third kappa shape index (κ3) is 4.62. The maximum atomic E-state index is 13.1. The van der Waals surface area contributed by atoms with E-state index in [9.17, 15) is 9.50 Å². The van der Waals surface area contributed by atoms with E-state index in [1.165, 1.54) is 48.9 Å². The zero-order valence-corrected chi connectivity index (χ0v) is 16.6. The van der Waals surface area contributed by atoms with Crippen LogP contribution in [0.3, 0.4) is 0 Å². The monoisotopic (exact) mass is 382 g/mol. The van der Waals surface area contributed by atoms with Gasteiger partial charge in [0.25, 0.3) is 0 Å². The Morgan fingerprint density at radius 3 is 2.64 bits per heavy atom. The van der Waals surface area contributed by atoms with Crippen molar-refractivity contribution in [3.63, 3.8) is 0 Å². The number of benzene rings is 2. The summed E-state index contributed by atoms with van der Waals surface area (Å²) in [5.74, 6) is -0.257. The van der Waals surface area contributed by atoms with Gasteiger partial charge in [-0.2, -0.15) is 0 Å². The van der Waals surface area contributed by atoms with E-state index in [0.29, 0.717) is 12.5 Å². The number of aliphatic hydroxyl groups is 1. The predicted molar refractivity (Wildman–Crippen MR) is 111 cm³/mol. The highest BCUT2D eigenvalue weighted by Crippen LogP contribution is 2.34. The van der Waals surface area contributed by atoms with Gasteiger partial charge in [0, 0.05) is 32.2 Å². The zero-order chi connectivity index (χ0) is 19.3. The standard InChI is InChI=1S/C24H31FN2O/c25-21-11-9-20(10-12-21)24(28)13-16-26-14-4-15-27(18-17-26)23-8-3-6-19-5-1-2-7-22(19)23/h1-2,5,7,9-12,23-24,28H,3-4,6,8,13-18H2. The molecular formula is C24H31FN2O. The van der Waals surface area contributed by atoms with Crippen molar-refractivity contribution in [1.29, 1.82) is 0 Å². The highest BCUT2D eigenvalue weighted by Gasteiger charge is 2.27. The van der Waals surface area contributed by atoms with Crippen LogP contribution in [0, 0.1) is 5.82 Å². The van der Waals surface area contributed by atoms with Gasteiger partial charge < -0.3 is 10.0 Å². The molecule has 4 rings (SSSR count). The quantitative estimate of drug-likeness (QED) is 0.834. The molecule has 1 fully saturated rings. The average Bonchev–Trinajstić information content (AvgIpc) is 2.98. The molecule has 4 heteroatoms. The third-order valence-electron chi connectivity index (χ3n) is 6.38. The van der Waals surface area contributed by atoms with E-state index < -0.39 is 6.10 Å². The zero-order valence-electron chi connectivity index (χ0n) is 16.6. The molecule has 0 saturated carbocycles. The van der Waals surface area contributed by atoms with Gasteiger partial charge in [-0.25, -0.2) is 4.39 Å². The number of nitrogens with zero attached hydrogens (tertiary/aromatic N) is 2. The Morgan fingerprint density at radius 1 is 0.964 bits per heavy atom. The van der Waals surface area contributed by atoms with Crippen molar-refractivity contribution in [2.45, 2.75) is 44.2 Å². The summed E-state index contributed by atoms with van der Waals surface area (Å²) in [6.07, 6.45) is 5.11. The first kappa shape index (κ1) is 19.6. The molecule has 0 spiro atoms. The van der Waals surface area contributed by atoms with E-state index in [1.807, 2.05) is 0 Å². The number of rotatable bonds is 5. The summed E-state index contributed by atoms with van der Waals surface area (Å²) in [5.41, 5.74) is 3.87. The fourth-order valence-electron chi connectivity index (χ4n) is 4.79. The van der Waals surface area contributed by atoms with Crippen molar-refractivity contribution in [2.75, 3.05) is 32.7 Å². The van der Waals surface area contributed by atoms with Crippen molar-refractivity contribution in [2.24, 2.45) is 0 Å². The van der Waals surface area contributed by atoms with Gasteiger partial charge in [-0.15, -0.1) is 0 Å². The highest BCUT2D eigenvalue weighted by atomic mass is 19.1. The Kier molecular flexibility index (Phi) is 6.40. The van der Waals surface area contributed by atoms with Crippen molar-refractivity contribution >= 4 is 0 Å². The topological polar surface area (TPSA) is 26.7 Å². The van der Waals surface area contributed by atoms with Crippen LogP contribution in [0.25, 0.3) is 0 Å². The lowest BCUT2D eigenvalue weighted by molar-refractivity contribution is 0.139. The summed E-state index contributed by atoms with van der Waals surface area (Å²) in [7, 11) is 0. The second-order valence-corrected chi connectivity index (χ2v) is 8.19. The number of aryl methyl sites for hydroxylation is 1. The van der Waals surface area contributed by atoms with E-state index >= 15 is 0 Å². The Morgan fingerprint density at radius 2 is 1.79 bits per heavy atom. The molecule has 2 aromatic rings. The average molecular weight is 383 g/mol. The van der Waals surface area contributed by atoms with Crippen LogP contribution in [-0.4, -0.2) is 47.6 Å². The summed E-state index contributed by atoms with van der Waals surface area (Å²) >= 11 is 0. The second-order valence-electron chi connectivity index (χ2n) is 8.19. The molecule has 1 heterocycles. The maximum absolute atomic E-state index is 13.1. The van der Waals surface area contributed by atoms with Crippen LogP contribution in [0.5, 0.6) is 0 Å². The molecule has 1 aliphatic heterocycles. The van der Waals surface area contributed by atoms with E-state index in [0.717, 1.165) is 38.3 Å². The number of hydrogen-bond donors (Lipinski definition) is 1. The first-order valence-corrected chi connectivity index (χ1v) is 10.7. The van der Waals surface area contributed by atoms with Crippen molar-refractivity contribution < 1.29 is 9.50 Å². The summed E-state index contributed by atoms with van der Waals surface area (Å²) in [6.45, 7) is 5.26. The minimum atomic E-state index is -0.523. The Hall–Kier alpha value is -1.75. The van der Waals surface area contributed by atoms with E-state index in [4.69, 9.17) is 0 Å². The summed E-state index contributed by atoms with van der Waals surface area (Å²) in [6, 6.07) is 15.7. The number of aliphatic hydroxyl groups excluding tert-OH is 1. The largest absolute Gasteiger partial charge is 0.388 e. The van der Waals surface area contributed by atoms with E-state index in [2.05, 4.69) is 34.1 Å². The minimum Gasteiger partial charge on any atom is -0.388 e. The molecule has 28 heavy (non-hydrogen) atoms. The first-order chi connectivity index (χ1) is 13.7. The Labute approximate surface area is 167 Å². The molecule has 1 saturated heterocycles. The molecule has 3 nitrogen and oxygen atoms in total. The van der Waals surface area contributed by atoms with Gasteiger partial charge >= 0.3 is 0 Å². The van der Waals surface area contributed by atoms with Crippen molar-refractivity contribution in [3.8, 4) is 0 Å². The van der Waals surface area contributed by atoms with Crippen LogP contribution in [-0.2, 0) is 6.42 Å². The van der Waals surface area contributed by atoms with Gasteiger partial charge in [0.1, 0.15) is 5.82 Å². The molecule has 1 aliphatic carbocycles. The lowest BCUT2D eigenvalue weighted by Crippen LogP contribution is -2.35. The number of fused-ring (bicyclic) bond motifs is 1. The molecule has 150 valence electrons. The molecule has 2 aliphatic rings. The van der Waals surface area contributed by atoms with Gasteiger partial charge in [0.2, 0.25) is 0 Å². The lowest BCUT2D eigenvalue weighted by atomic mass is 9.87. The molecule has 1 N–H and O–H groups in total. The molecule has 2 unspecified atom stereocenters. The van der Waals surface area contributed by atoms with Gasteiger partial charge in [-0.3, -0.25) is 4.90 Å². The van der Waals surface area contributed by atoms with Crippen molar-refractivity contribution in [1.82, 2.24) is 9.80 Å². The van der Waals surface area contributed by atoms with Crippen LogP contribution in [0.1, 0.15) is 54.5 Å². The lowest BCUT2D eigenvalue weighted by Gasteiger charge is -2.35. The smallest absolute Gasteiger partial charge is 0.123 e. The molecule has 0 aromatic heterocycles. The van der Waals surface area contributed by atoms with Gasteiger partial charge in [-0.05, 0) is 67.5 Å². The summed E-state index contributed by atoms with van der Waals surface area (Å²) in [4.78, 5) is 5.15. The maximum Gasteiger partial charge on any atom is 0.123 e.